The van der Waals surface area contributed by atoms with E-state index in [1.165, 1.54) is 0 Å². The van der Waals surface area contributed by atoms with Gasteiger partial charge in [0.2, 0.25) is 0 Å². The molecule has 15 heavy (non-hydrogen) atoms. The van der Waals surface area contributed by atoms with Gasteiger partial charge in [0.15, 0.2) is 0 Å². The third-order valence-electron chi connectivity index (χ3n) is 1.50. The zero-order valence-electron chi connectivity index (χ0n) is 6.82. The first kappa shape index (κ1) is 12.2. The van der Waals surface area contributed by atoms with Crippen molar-refractivity contribution >= 4 is 12.6 Å². The van der Waals surface area contributed by atoms with Crippen molar-refractivity contribution in [2.45, 2.75) is 17.4 Å². The van der Waals surface area contributed by atoms with Crippen LogP contribution < -0.4 is 0 Å². The maximum Gasteiger partial charge on any atom is 0.419 e. The SMILES string of the molecule is FC(F)(F)c1cnc(S)c(C(F)(F)F)c1. The quantitative estimate of drug-likeness (QED) is 0.547. The highest BCUT2D eigenvalue weighted by Gasteiger charge is 2.38. The highest BCUT2D eigenvalue weighted by atomic mass is 32.1. The third kappa shape index (κ3) is 2.77. The second-order valence-corrected chi connectivity index (χ2v) is 3.01. The van der Waals surface area contributed by atoms with Gasteiger partial charge in [-0.2, -0.15) is 26.3 Å². The second-order valence-electron chi connectivity index (χ2n) is 2.59. The Bertz CT molecular complexity index is 369. The number of rotatable bonds is 0. The summed E-state index contributed by atoms with van der Waals surface area (Å²) < 4.78 is 72.6. The van der Waals surface area contributed by atoms with Crippen LogP contribution >= 0.6 is 12.6 Å². The first-order chi connectivity index (χ1) is 6.62. The lowest BCUT2D eigenvalue weighted by atomic mass is 10.2. The van der Waals surface area contributed by atoms with Crippen LogP contribution in [0.15, 0.2) is 17.3 Å². The maximum atomic E-state index is 12.2. The van der Waals surface area contributed by atoms with Crippen LogP contribution in [0.25, 0.3) is 0 Å². The minimum Gasteiger partial charge on any atom is -0.249 e. The number of nitrogens with zero attached hydrogens (tertiary/aromatic N) is 1. The lowest BCUT2D eigenvalue weighted by molar-refractivity contribution is -0.145. The van der Waals surface area contributed by atoms with Crippen LogP contribution in [0, 0.1) is 0 Å². The van der Waals surface area contributed by atoms with Crippen molar-refractivity contribution in [2.24, 2.45) is 0 Å². The molecule has 0 aliphatic rings. The van der Waals surface area contributed by atoms with Crippen molar-refractivity contribution in [2.75, 3.05) is 0 Å². The Kier molecular flexibility index (Phi) is 2.90. The molecule has 1 heterocycles. The average molecular weight is 247 g/mol. The van der Waals surface area contributed by atoms with Crippen LogP contribution in [0.1, 0.15) is 11.1 Å². The van der Waals surface area contributed by atoms with Crippen LogP contribution in [-0.2, 0) is 12.4 Å². The van der Waals surface area contributed by atoms with Gasteiger partial charge in [-0.1, -0.05) is 0 Å². The molecule has 0 aliphatic carbocycles. The van der Waals surface area contributed by atoms with E-state index in [9.17, 15) is 26.3 Å². The molecule has 0 aliphatic heterocycles. The topological polar surface area (TPSA) is 12.9 Å². The predicted octanol–water partition coefficient (Wildman–Crippen LogP) is 3.41. The number of alkyl halides is 6. The molecule has 0 aromatic carbocycles. The van der Waals surface area contributed by atoms with Crippen molar-refractivity contribution in [1.82, 2.24) is 4.98 Å². The Morgan fingerprint density at radius 1 is 1.00 bits per heavy atom. The number of thiol groups is 1. The Morgan fingerprint density at radius 2 is 1.53 bits per heavy atom. The molecule has 1 rings (SSSR count). The first-order valence-corrected chi connectivity index (χ1v) is 3.90. The molecule has 1 aromatic rings. The second kappa shape index (κ2) is 3.58. The van der Waals surface area contributed by atoms with Gasteiger partial charge in [0, 0.05) is 6.20 Å². The Labute approximate surface area is 85.5 Å². The molecule has 0 saturated heterocycles. The molecule has 0 unspecified atom stereocenters. The van der Waals surface area contributed by atoms with Crippen molar-refractivity contribution < 1.29 is 26.3 Å². The summed E-state index contributed by atoms with van der Waals surface area (Å²) in [6.07, 6.45) is -9.45. The van der Waals surface area contributed by atoms with Gasteiger partial charge in [0.25, 0.3) is 0 Å². The number of halogens is 6. The molecule has 0 spiro atoms. The molecule has 0 atom stereocenters. The molecule has 0 saturated carbocycles. The summed E-state index contributed by atoms with van der Waals surface area (Å²) in [5.74, 6) is 0. The Hall–Kier alpha value is -0.920. The fourth-order valence-electron chi connectivity index (χ4n) is 0.821. The normalized spacial score (nSPS) is 13.0. The molecule has 84 valence electrons. The van der Waals surface area contributed by atoms with E-state index in [2.05, 4.69) is 17.6 Å². The van der Waals surface area contributed by atoms with Crippen LogP contribution in [-0.4, -0.2) is 4.98 Å². The van der Waals surface area contributed by atoms with Gasteiger partial charge in [0.05, 0.1) is 11.1 Å². The first-order valence-electron chi connectivity index (χ1n) is 3.46. The van der Waals surface area contributed by atoms with E-state index in [0.717, 1.165) is 0 Å². The third-order valence-corrected chi connectivity index (χ3v) is 1.86. The van der Waals surface area contributed by atoms with E-state index in [0.29, 0.717) is 6.20 Å². The van der Waals surface area contributed by atoms with Crippen LogP contribution in [0.5, 0.6) is 0 Å². The summed E-state index contributed by atoms with van der Waals surface area (Å²) in [6.45, 7) is 0. The van der Waals surface area contributed by atoms with E-state index in [1.54, 1.807) is 0 Å². The number of aromatic nitrogens is 1. The molecule has 0 amide bonds. The van der Waals surface area contributed by atoms with E-state index in [-0.39, 0.29) is 6.07 Å². The van der Waals surface area contributed by atoms with E-state index in [1.807, 2.05) is 0 Å². The summed E-state index contributed by atoms with van der Waals surface area (Å²) in [5.41, 5.74) is -2.95. The molecule has 0 fully saturated rings. The van der Waals surface area contributed by atoms with Crippen LogP contribution in [0.2, 0.25) is 0 Å². The largest absolute Gasteiger partial charge is 0.419 e. The van der Waals surface area contributed by atoms with Gasteiger partial charge in [-0.3, -0.25) is 0 Å². The maximum absolute atomic E-state index is 12.2. The number of hydrogen-bond donors (Lipinski definition) is 1. The summed E-state index contributed by atoms with van der Waals surface area (Å²) in [7, 11) is 0. The van der Waals surface area contributed by atoms with Gasteiger partial charge in [-0.05, 0) is 6.07 Å². The molecular formula is C7H3F6NS. The molecular weight excluding hydrogens is 244 g/mol. The molecule has 8 heteroatoms. The van der Waals surface area contributed by atoms with Crippen molar-refractivity contribution in [3.8, 4) is 0 Å². The smallest absolute Gasteiger partial charge is 0.249 e. The fourth-order valence-corrected chi connectivity index (χ4v) is 1.07. The fraction of sp³-hybridized carbons (Fsp3) is 0.286. The lowest BCUT2D eigenvalue weighted by Crippen LogP contribution is -2.12. The monoisotopic (exact) mass is 247 g/mol. The summed E-state index contributed by atoms with van der Waals surface area (Å²) in [4.78, 5) is 2.94. The summed E-state index contributed by atoms with van der Waals surface area (Å²) in [6, 6.07) is -0.0185. The lowest BCUT2D eigenvalue weighted by Gasteiger charge is -2.12. The van der Waals surface area contributed by atoms with Gasteiger partial charge in [0.1, 0.15) is 5.03 Å². The Morgan fingerprint density at radius 3 is 1.93 bits per heavy atom. The highest BCUT2D eigenvalue weighted by molar-refractivity contribution is 7.80. The van der Waals surface area contributed by atoms with Gasteiger partial charge in [-0.15, -0.1) is 12.6 Å². The number of hydrogen-bond acceptors (Lipinski definition) is 2. The molecule has 0 N–H and O–H groups in total. The van der Waals surface area contributed by atoms with E-state index < -0.39 is 28.5 Å². The molecule has 0 bridgehead atoms. The van der Waals surface area contributed by atoms with Crippen molar-refractivity contribution in [3.05, 3.63) is 23.4 Å². The van der Waals surface area contributed by atoms with E-state index >= 15 is 0 Å². The van der Waals surface area contributed by atoms with Crippen LogP contribution in [0.4, 0.5) is 26.3 Å². The van der Waals surface area contributed by atoms with Crippen molar-refractivity contribution in [1.29, 1.82) is 0 Å². The zero-order valence-corrected chi connectivity index (χ0v) is 7.71. The average Bonchev–Trinajstić information content (AvgIpc) is 2.00. The molecule has 1 nitrogen and oxygen atoms in total. The van der Waals surface area contributed by atoms with Gasteiger partial charge >= 0.3 is 12.4 Å². The predicted molar refractivity (Wildman–Crippen MR) is 41.5 cm³/mol. The van der Waals surface area contributed by atoms with E-state index in [4.69, 9.17) is 0 Å². The van der Waals surface area contributed by atoms with Gasteiger partial charge in [-0.25, -0.2) is 4.98 Å². The zero-order chi connectivity index (χ0) is 11.9. The highest BCUT2D eigenvalue weighted by Crippen LogP contribution is 2.37. The van der Waals surface area contributed by atoms with Crippen LogP contribution in [0.3, 0.4) is 0 Å². The summed E-state index contributed by atoms with van der Waals surface area (Å²) in [5, 5.41) is -0.782. The minimum absolute atomic E-state index is 0.0185. The molecule has 1 aromatic heterocycles. The molecule has 0 radical (unpaired) electrons. The minimum atomic E-state index is -4.90. The van der Waals surface area contributed by atoms with Crippen molar-refractivity contribution in [3.63, 3.8) is 0 Å². The number of pyridine rings is 1. The summed E-state index contributed by atoms with van der Waals surface area (Å²) >= 11 is 3.34. The standard InChI is InChI=1S/C7H3F6NS/c8-6(9,10)3-1-4(7(11,12)13)5(15)14-2-3/h1-2H,(H,14,15). The van der Waals surface area contributed by atoms with Gasteiger partial charge < -0.3 is 0 Å². The Balaban J connectivity index is 3.30.